The number of ether oxygens (including phenoxy) is 2. The Hall–Kier alpha value is -2.01. The number of carbonyl (C=O) groups excluding carboxylic acids is 1. The summed E-state index contributed by atoms with van der Waals surface area (Å²) >= 11 is 0. The number of amides is 1. The third-order valence-corrected chi connectivity index (χ3v) is 2.38. The molecule has 1 N–H and O–H groups in total. The second kappa shape index (κ2) is 4.93. The van der Waals surface area contributed by atoms with Gasteiger partial charge in [0, 0.05) is 0 Å². The van der Waals surface area contributed by atoms with Crippen molar-refractivity contribution in [2.24, 2.45) is 0 Å². The van der Waals surface area contributed by atoms with E-state index in [-0.39, 0.29) is 6.61 Å². The van der Waals surface area contributed by atoms with Gasteiger partial charge in [-0.1, -0.05) is 12.1 Å². The molecule has 1 aromatic rings. The number of carbonyl (C=O) groups is 1. The molecule has 1 aromatic carbocycles. The van der Waals surface area contributed by atoms with Crippen LogP contribution in [0.4, 0.5) is 10.5 Å². The van der Waals surface area contributed by atoms with Gasteiger partial charge in [0.2, 0.25) is 0 Å². The van der Waals surface area contributed by atoms with E-state index in [0.717, 1.165) is 0 Å². The van der Waals surface area contributed by atoms with E-state index >= 15 is 0 Å². The lowest BCUT2D eigenvalue weighted by Crippen LogP contribution is -2.35. The van der Waals surface area contributed by atoms with Crippen LogP contribution in [0, 0.1) is 0 Å². The summed E-state index contributed by atoms with van der Waals surface area (Å²) in [7, 11) is 0. The molecule has 0 atom stereocenters. The molecule has 0 unspecified atom stereocenters. The molecule has 5 heteroatoms. The maximum atomic E-state index is 12.2. The van der Waals surface area contributed by atoms with E-state index < -0.39 is 11.7 Å². The molecule has 0 radical (unpaired) electrons. The molecule has 0 aliphatic carbocycles. The van der Waals surface area contributed by atoms with Crippen LogP contribution in [-0.2, 0) is 4.74 Å². The van der Waals surface area contributed by atoms with Crippen molar-refractivity contribution in [1.82, 2.24) is 0 Å². The van der Waals surface area contributed by atoms with Crippen LogP contribution in [0.5, 0.6) is 5.75 Å². The molecule has 1 aliphatic heterocycles. The number of nitrogens with zero attached hydrogens (tertiary/aromatic N) is 1. The highest BCUT2D eigenvalue weighted by atomic mass is 16.6. The average Bonchev–Trinajstić information content (AvgIpc) is 2.35. The Labute approximate surface area is 112 Å². The Balaban J connectivity index is 2.33. The lowest BCUT2D eigenvalue weighted by molar-refractivity contribution is 0.0592. The zero-order chi connectivity index (χ0) is 14.0. The SMILES string of the molecule is CC(C)(C)OC(=O)N1C=C(CO)Oc2ccccc21. The minimum absolute atomic E-state index is 0.284. The van der Waals surface area contributed by atoms with Crippen LogP contribution in [0.3, 0.4) is 0 Å². The average molecular weight is 263 g/mol. The molecule has 5 nitrogen and oxygen atoms in total. The maximum Gasteiger partial charge on any atom is 0.419 e. The molecule has 1 heterocycles. The minimum Gasteiger partial charge on any atom is -0.456 e. The lowest BCUT2D eigenvalue weighted by atomic mass is 10.2. The normalized spacial score (nSPS) is 14.3. The van der Waals surface area contributed by atoms with Gasteiger partial charge in [-0.2, -0.15) is 0 Å². The zero-order valence-corrected chi connectivity index (χ0v) is 11.2. The lowest BCUT2D eigenvalue weighted by Gasteiger charge is -2.29. The Morgan fingerprint density at radius 3 is 2.68 bits per heavy atom. The van der Waals surface area contributed by atoms with Crippen LogP contribution in [0.2, 0.25) is 0 Å². The number of fused-ring (bicyclic) bond motifs is 1. The predicted molar refractivity (Wildman–Crippen MR) is 71.0 cm³/mol. The van der Waals surface area contributed by atoms with Crippen molar-refractivity contribution in [3.05, 3.63) is 36.2 Å². The molecule has 0 bridgehead atoms. The number of benzene rings is 1. The summed E-state index contributed by atoms with van der Waals surface area (Å²) in [5.74, 6) is 0.810. The van der Waals surface area contributed by atoms with E-state index in [2.05, 4.69) is 0 Å². The summed E-state index contributed by atoms with van der Waals surface area (Å²) in [4.78, 5) is 13.5. The number of aliphatic hydroxyl groups is 1. The first-order chi connectivity index (χ1) is 8.90. The fourth-order valence-corrected chi connectivity index (χ4v) is 1.66. The number of para-hydroxylation sites is 2. The predicted octanol–water partition coefficient (Wildman–Crippen LogP) is 2.65. The van der Waals surface area contributed by atoms with Gasteiger partial charge < -0.3 is 14.6 Å². The van der Waals surface area contributed by atoms with Gasteiger partial charge in [0.1, 0.15) is 18.0 Å². The molecule has 0 fully saturated rings. The first kappa shape index (κ1) is 13.4. The molecule has 1 aliphatic rings. The summed E-state index contributed by atoms with van der Waals surface area (Å²) in [5.41, 5.74) is 0.00586. The summed E-state index contributed by atoms with van der Waals surface area (Å²) in [6, 6.07) is 7.09. The molecule has 0 saturated heterocycles. The largest absolute Gasteiger partial charge is 0.456 e. The molecule has 1 amide bonds. The van der Waals surface area contributed by atoms with Crippen molar-refractivity contribution in [2.75, 3.05) is 11.5 Å². The number of aliphatic hydroxyl groups excluding tert-OH is 1. The van der Waals surface area contributed by atoms with Crippen molar-refractivity contribution < 1.29 is 19.4 Å². The highest BCUT2D eigenvalue weighted by molar-refractivity contribution is 5.92. The standard InChI is InChI=1S/C14H17NO4/c1-14(2,3)19-13(17)15-8-10(9-16)18-12-7-5-4-6-11(12)15/h4-8,16H,9H2,1-3H3. The number of rotatable bonds is 1. The van der Waals surface area contributed by atoms with Gasteiger partial charge in [-0.05, 0) is 32.9 Å². The van der Waals surface area contributed by atoms with Gasteiger partial charge in [-0.25, -0.2) is 9.69 Å². The summed E-state index contributed by atoms with van der Waals surface area (Å²) in [5, 5.41) is 9.18. The Morgan fingerprint density at radius 1 is 1.37 bits per heavy atom. The highest BCUT2D eigenvalue weighted by Crippen LogP contribution is 2.34. The Morgan fingerprint density at radius 2 is 2.05 bits per heavy atom. The van der Waals surface area contributed by atoms with Crippen molar-refractivity contribution in [2.45, 2.75) is 26.4 Å². The third-order valence-electron chi connectivity index (χ3n) is 2.38. The Bertz CT molecular complexity index is 516. The van der Waals surface area contributed by atoms with Gasteiger partial charge >= 0.3 is 6.09 Å². The van der Waals surface area contributed by atoms with E-state index in [1.165, 1.54) is 11.1 Å². The Kier molecular flexibility index (Phi) is 3.48. The van der Waals surface area contributed by atoms with Crippen LogP contribution in [0.15, 0.2) is 36.2 Å². The van der Waals surface area contributed by atoms with E-state index in [1.807, 2.05) is 0 Å². The smallest absolute Gasteiger partial charge is 0.419 e. The third kappa shape index (κ3) is 3.06. The van der Waals surface area contributed by atoms with Gasteiger partial charge in [-0.15, -0.1) is 0 Å². The molecule has 19 heavy (non-hydrogen) atoms. The van der Waals surface area contributed by atoms with Crippen LogP contribution in [0.25, 0.3) is 0 Å². The molecule has 0 aromatic heterocycles. The number of hydrogen-bond donors (Lipinski definition) is 1. The molecule has 102 valence electrons. The van der Waals surface area contributed by atoms with E-state index in [0.29, 0.717) is 17.2 Å². The van der Waals surface area contributed by atoms with Gasteiger partial charge in [0.25, 0.3) is 0 Å². The molecular formula is C14H17NO4. The second-order valence-electron chi connectivity index (χ2n) is 5.17. The van der Waals surface area contributed by atoms with E-state index in [4.69, 9.17) is 9.47 Å². The fraction of sp³-hybridized carbons (Fsp3) is 0.357. The van der Waals surface area contributed by atoms with Crippen LogP contribution < -0.4 is 9.64 Å². The quantitative estimate of drug-likeness (QED) is 0.846. The van der Waals surface area contributed by atoms with Crippen molar-refractivity contribution in [3.63, 3.8) is 0 Å². The first-order valence-corrected chi connectivity index (χ1v) is 6.01. The molecule has 2 rings (SSSR count). The van der Waals surface area contributed by atoms with E-state index in [1.54, 1.807) is 45.0 Å². The van der Waals surface area contributed by atoms with Crippen molar-refractivity contribution in [1.29, 1.82) is 0 Å². The summed E-state index contributed by atoms with van der Waals surface area (Å²) < 4.78 is 10.8. The highest BCUT2D eigenvalue weighted by Gasteiger charge is 2.27. The molecule has 0 spiro atoms. The summed E-state index contributed by atoms with van der Waals surface area (Å²) in [6.45, 7) is 5.11. The van der Waals surface area contributed by atoms with Crippen molar-refractivity contribution >= 4 is 11.8 Å². The van der Waals surface area contributed by atoms with E-state index in [9.17, 15) is 9.90 Å². The van der Waals surface area contributed by atoms with Gasteiger partial charge in [0.05, 0.1) is 11.9 Å². The van der Waals surface area contributed by atoms with Crippen LogP contribution >= 0.6 is 0 Å². The van der Waals surface area contributed by atoms with Gasteiger partial charge in [-0.3, -0.25) is 0 Å². The van der Waals surface area contributed by atoms with Crippen LogP contribution in [-0.4, -0.2) is 23.4 Å². The minimum atomic E-state index is -0.586. The topological polar surface area (TPSA) is 59.0 Å². The number of anilines is 1. The monoisotopic (exact) mass is 263 g/mol. The molecule has 0 saturated carbocycles. The van der Waals surface area contributed by atoms with Crippen molar-refractivity contribution in [3.8, 4) is 5.75 Å². The maximum absolute atomic E-state index is 12.2. The fourth-order valence-electron chi connectivity index (χ4n) is 1.66. The first-order valence-electron chi connectivity index (χ1n) is 6.01. The summed E-state index contributed by atoms with van der Waals surface area (Å²) in [6.07, 6.45) is 0.936. The van der Waals surface area contributed by atoms with Gasteiger partial charge in [0.15, 0.2) is 5.75 Å². The zero-order valence-electron chi connectivity index (χ0n) is 11.2. The number of hydrogen-bond acceptors (Lipinski definition) is 4. The second-order valence-corrected chi connectivity index (χ2v) is 5.17. The molecular weight excluding hydrogens is 246 g/mol. The van der Waals surface area contributed by atoms with Crippen LogP contribution in [0.1, 0.15) is 20.8 Å².